The predicted octanol–water partition coefficient (Wildman–Crippen LogP) is 0.791. The van der Waals surface area contributed by atoms with Crippen molar-refractivity contribution in [2.75, 3.05) is 7.11 Å². The van der Waals surface area contributed by atoms with E-state index in [0.717, 1.165) is 18.4 Å². The number of hydroxylamine groups is 1. The molecule has 1 fully saturated rings. The second-order valence-corrected chi connectivity index (χ2v) is 3.46. The average molecular weight is 192 g/mol. The van der Waals surface area contributed by atoms with Crippen molar-refractivity contribution in [3.8, 4) is 0 Å². The summed E-state index contributed by atoms with van der Waals surface area (Å²) in [5, 5.41) is 0. The van der Waals surface area contributed by atoms with Crippen LogP contribution in [0.5, 0.6) is 0 Å². The number of nitrogens with zero attached hydrogens (tertiary/aromatic N) is 1. The molecule has 14 heavy (non-hydrogen) atoms. The van der Waals surface area contributed by atoms with E-state index in [2.05, 4.69) is 15.3 Å². The van der Waals surface area contributed by atoms with Crippen LogP contribution >= 0.6 is 0 Å². The van der Waals surface area contributed by atoms with Gasteiger partial charge < -0.3 is 0 Å². The maximum Gasteiger partial charge on any atom is 0.254 e. The summed E-state index contributed by atoms with van der Waals surface area (Å²) >= 11 is 0. The van der Waals surface area contributed by atoms with E-state index in [4.69, 9.17) is 0 Å². The van der Waals surface area contributed by atoms with Crippen LogP contribution in [0.3, 0.4) is 0 Å². The molecule has 0 aliphatic heterocycles. The lowest BCUT2D eigenvalue weighted by molar-refractivity contribution is -0.134. The van der Waals surface area contributed by atoms with Gasteiger partial charge in [0.05, 0.1) is 12.5 Å². The Kier molecular flexibility index (Phi) is 2.21. The molecule has 4 heteroatoms. The van der Waals surface area contributed by atoms with Gasteiger partial charge in [0, 0.05) is 12.4 Å². The summed E-state index contributed by atoms with van der Waals surface area (Å²) in [7, 11) is 1.44. The summed E-state index contributed by atoms with van der Waals surface area (Å²) in [5.74, 6) is -0.0759. The Morgan fingerprint density at radius 1 is 1.64 bits per heavy atom. The van der Waals surface area contributed by atoms with Gasteiger partial charge in [-0.25, -0.2) is 5.48 Å². The molecular weight excluding hydrogens is 180 g/mol. The highest BCUT2D eigenvalue weighted by molar-refractivity contribution is 5.90. The minimum atomic E-state index is -0.385. The minimum absolute atomic E-state index is 0.0759. The smallest absolute Gasteiger partial charge is 0.254 e. The summed E-state index contributed by atoms with van der Waals surface area (Å²) in [6.07, 6.45) is 5.18. The van der Waals surface area contributed by atoms with Crippen molar-refractivity contribution in [1.29, 1.82) is 0 Å². The zero-order valence-electron chi connectivity index (χ0n) is 7.99. The molecule has 0 aromatic carbocycles. The molecule has 74 valence electrons. The number of amides is 1. The fourth-order valence-corrected chi connectivity index (χ4v) is 1.61. The molecule has 0 spiro atoms. The SMILES string of the molecule is CONC(=O)C1(c2cccnc2)CC1. The number of rotatable bonds is 3. The van der Waals surface area contributed by atoms with Crippen LogP contribution < -0.4 is 5.48 Å². The van der Waals surface area contributed by atoms with Gasteiger partial charge in [0.15, 0.2) is 0 Å². The Hall–Kier alpha value is -1.42. The number of carbonyl (C=O) groups excluding carboxylic acids is 1. The molecule has 0 radical (unpaired) electrons. The standard InChI is InChI=1S/C10H12N2O2/c1-14-12-9(13)10(4-5-10)8-3-2-6-11-7-8/h2-3,6-7H,4-5H2,1H3,(H,12,13). The molecule has 1 aromatic heterocycles. The summed E-state index contributed by atoms with van der Waals surface area (Å²) in [6, 6.07) is 3.77. The predicted molar refractivity (Wildman–Crippen MR) is 50.3 cm³/mol. The first-order valence-corrected chi connectivity index (χ1v) is 4.53. The first kappa shape index (κ1) is 9.15. The van der Waals surface area contributed by atoms with E-state index in [9.17, 15) is 4.79 Å². The molecule has 0 bridgehead atoms. The fraction of sp³-hybridized carbons (Fsp3) is 0.400. The Labute approximate surface area is 82.2 Å². The lowest BCUT2D eigenvalue weighted by Gasteiger charge is -2.13. The van der Waals surface area contributed by atoms with Crippen molar-refractivity contribution in [3.63, 3.8) is 0 Å². The van der Waals surface area contributed by atoms with Gasteiger partial charge in [-0.2, -0.15) is 0 Å². The van der Waals surface area contributed by atoms with E-state index in [1.807, 2.05) is 12.1 Å². The molecule has 4 nitrogen and oxygen atoms in total. The summed E-state index contributed by atoms with van der Waals surface area (Å²) in [6.45, 7) is 0. The third kappa shape index (κ3) is 1.37. The maximum atomic E-state index is 11.7. The number of hydrogen-bond acceptors (Lipinski definition) is 3. The van der Waals surface area contributed by atoms with E-state index in [1.54, 1.807) is 12.4 Å². The van der Waals surface area contributed by atoms with E-state index in [1.165, 1.54) is 7.11 Å². The third-order valence-electron chi connectivity index (χ3n) is 2.59. The van der Waals surface area contributed by atoms with Crippen LogP contribution in [0.15, 0.2) is 24.5 Å². The highest BCUT2D eigenvalue weighted by atomic mass is 16.6. The van der Waals surface area contributed by atoms with Crippen molar-refractivity contribution in [1.82, 2.24) is 10.5 Å². The van der Waals surface area contributed by atoms with Crippen LogP contribution in [0.2, 0.25) is 0 Å². The summed E-state index contributed by atoms with van der Waals surface area (Å²) in [5.41, 5.74) is 2.96. The summed E-state index contributed by atoms with van der Waals surface area (Å²) in [4.78, 5) is 20.3. The lowest BCUT2D eigenvalue weighted by Crippen LogP contribution is -2.33. The highest BCUT2D eigenvalue weighted by Gasteiger charge is 2.51. The van der Waals surface area contributed by atoms with Crippen molar-refractivity contribution < 1.29 is 9.63 Å². The number of pyridine rings is 1. The van der Waals surface area contributed by atoms with Crippen LogP contribution in [0.1, 0.15) is 18.4 Å². The van der Waals surface area contributed by atoms with E-state index >= 15 is 0 Å². The van der Waals surface area contributed by atoms with Crippen molar-refractivity contribution in [2.24, 2.45) is 0 Å². The normalized spacial score (nSPS) is 17.5. The molecule has 1 amide bonds. The first-order chi connectivity index (χ1) is 6.79. The second kappa shape index (κ2) is 3.38. The van der Waals surface area contributed by atoms with Crippen molar-refractivity contribution in [3.05, 3.63) is 30.1 Å². The molecule has 1 aromatic rings. The molecule has 2 rings (SSSR count). The fourth-order valence-electron chi connectivity index (χ4n) is 1.61. The van der Waals surface area contributed by atoms with Gasteiger partial charge in [0.25, 0.3) is 5.91 Å². The summed E-state index contributed by atoms with van der Waals surface area (Å²) < 4.78 is 0. The Balaban J connectivity index is 2.21. The Morgan fingerprint density at radius 2 is 2.43 bits per heavy atom. The highest BCUT2D eigenvalue weighted by Crippen LogP contribution is 2.47. The van der Waals surface area contributed by atoms with Crippen LogP contribution in [-0.4, -0.2) is 18.0 Å². The van der Waals surface area contributed by atoms with Crippen LogP contribution in [0.4, 0.5) is 0 Å². The Morgan fingerprint density at radius 3 is 2.93 bits per heavy atom. The molecule has 1 saturated carbocycles. The average Bonchev–Trinajstić information content (AvgIpc) is 3.00. The molecule has 0 atom stereocenters. The van der Waals surface area contributed by atoms with Crippen LogP contribution in [0, 0.1) is 0 Å². The number of hydrogen-bond donors (Lipinski definition) is 1. The monoisotopic (exact) mass is 192 g/mol. The first-order valence-electron chi connectivity index (χ1n) is 4.53. The second-order valence-electron chi connectivity index (χ2n) is 3.46. The lowest BCUT2D eigenvalue weighted by atomic mass is 9.97. The van der Waals surface area contributed by atoms with Crippen molar-refractivity contribution >= 4 is 5.91 Å². The van der Waals surface area contributed by atoms with Gasteiger partial charge >= 0.3 is 0 Å². The van der Waals surface area contributed by atoms with Crippen LogP contribution in [0.25, 0.3) is 0 Å². The van der Waals surface area contributed by atoms with Gasteiger partial charge in [0.1, 0.15) is 0 Å². The van der Waals surface area contributed by atoms with Gasteiger partial charge in [-0.05, 0) is 24.5 Å². The molecule has 1 aliphatic rings. The zero-order chi connectivity index (χ0) is 10.0. The molecule has 0 saturated heterocycles. The largest absolute Gasteiger partial charge is 0.277 e. The maximum absolute atomic E-state index is 11.7. The molecule has 1 heterocycles. The molecule has 1 N–H and O–H groups in total. The number of carbonyl (C=O) groups is 1. The Bertz CT molecular complexity index is 333. The van der Waals surface area contributed by atoms with Crippen molar-refractivity contribution in [2.45, 2.75) is 18.3 Å². The molecule has 0 unspecified atom stereocenters. The zero-order valence-corrected chi connectivity index (χ0v) is 7.99. The van der Waals surface area contributed by atoms with Gasteiger partial charge in [0.2, 0.25) is 0 Å². The minimum Gasteiger partial charge on any atom is -0.277 e. The van der Waals surface area contributed by atoms with E-state index in [-0.39, 0.29) is 11.3 Å². The molecule has 1 aliphatic carbocycles. The molecular formula is C10H12N2O2. The van der Waals surface area contributed by atoms with Gasteiger partial charge in [-0.3, -0.25) is 14.6 Å². The van der Waals surface area contributed by atoms with E-state index in [0.29, 0.717) is 0 Å². The van der Waals surface area contributed by atoms with Gasteiger partial charge in [-0.15, -0.1) is 0 Å². The quantitative estimate of drug-likeness (QED) is 0.720. The van der Waals surface area contributed by atoms with Crippen LogP contribution in [-0.2, 0) is 15.0 Å². The topological polar surface area (TPSA) is 51.2 Å². The number of nitrogens with one attached hydrogen (secondary N) is 1. The van der Waals surface area contributed by atoms with E-state index < -0.39 is 0 Å². The number of aromatic nitrogens is 1. The van der Waals surface area contributed by atoms with Gasteiger partial charge in [-0.1, -0.05) is 6.07 Å². The third-order valence-corrected chi connectivity index (χ3v) is 2.59.